The maximum Gasteiger partial charge on any atom is 0.208 e. The number of aromatic nitrogens is 1. The molecular formula is C31H37FN2O5. The number of allylic oxidation sites excluding steroid dienone is 1. The first-order valence-corrected chi connectivity index (χ1v) is 14.0. The number of ketones is 3. The van der Waals surface area contributed by atoms with Crippen LogP contribution in [0.15, 0.2) is 16.7 Å². The van der Waals surface area contributed by atoms with Gasteiger partial charge in [0.1, 0.15) is 5.82 Å². The molecule has 7 nitrogen and oxygen atoms in total. The van der Waals surface area contributed by atoms with E-state index in [4.69, 9.17) is 9.26 Å². The van der Waals surface area contributed by atoms with Crippen molar-refractivity contribution in [1.29, 1.82) is 0 Å². The van der Waals surface area contributed by atoms with E-state index in [9.17, 15) is 14.4 Å². The fraction of sp³-hybridized carbons (Fsp3) is 0.548. The Morgan fingerprint density at radius 2 is 1.97 bits per heavy atom. The van der Waals surface area contributed by atoms with Crippen LogP contribution in [-0.4, -0.2) is 53.7 Å². The van der Waals surface area contributed by atoms with E-state index in [2.05, 4.69) is 12.1 Å². The van der Waals surface area contributed by atoms with Crippen LogP contribution in [0, 0.1) is 37.4 Å². The van der Waals surface area contributed by atoms with Crippen LogP contribution in [0.25, 0.3) is 6.08 Å². The average Bonchev–Trinajstić information content (AvgIpc) is 3.30. The van der Waals surface area contributed by atoms with E-state index in [1.165, 1.54) is 13.2 Å². The lowest BCUT2D eigenvalue weighted by molar-refractivity contribution is -0.159. The van der Waals surface area contributed by atoms with Crippen molar-refractivity contribution >= 4 is 23.4 Å². The number of fused-ring (bicyclic) bond motifs is 4. The van der Waals surface area contributed by atoms with Crippen molar-refractivity contribution in [3.05, 3.63) is 57.2 Å². The van der Waals surface area contributed by atoms with Crippen molar-refractivity contribution in [3.8, 4) is 0 Å². The van der Waals surface area contributed by atoms with Crippen LogP contribution in [0.3, 0.4) is 0 Å². The predicted octanol–water partition coefficient (Wildman–Crippen LogP) is 5.47. The third kappa shape index (κ3) is 3.90. The molecular weight excluding hydrogens is 499 g/mol. The van der Waals surface area contributed by atoms with Crippen molar-refractivity contribution in [2.75, 3.05) is 20.7 Å². The smallest absolute Gasteiger partial charge is 0.208 e. The van der Waals surface area contributed by atoms with E-state index in [-0.39, 0.29) is 17.5 Å². The molecule has 0 N–H and O–H groups in total. The zero-order valence-corrected chi connectivity index (χ0v) is 23.6. The quantitative estimate of drug-likeness (QED) is 0.342. The summed E-state index contributed by atoms with van der Waals surface area (Å²) in [7, 11) is 3.27. The van der Waals surface area contributed by atoms with Gasteiger partial charge < -0.3 is 9.26 Å². The molecule has 0 spiro atoms. The summed E-state index contributed by atoms with van der Waals surface area (Å²) in [5, 5.41) is 4.06. The van der Waals surface area contributed by atoms with Crippen molar-refractivity contribution in [2.24, 2.45) is 17.8 Å². The summed E-state index contributed by atoms with van der Waals surface area (Å²) in [6.07, 6.45) is 7.38. The van der Waals surface area contributed by atoms with Gasteiger partial charge in [0, 0.05) is 18.6 Å². The van der Waals surface area contributed by atoms with Crippen LogP contribution in [0.2, 0.25) is 0 Å². The van der Waals surface area contributed by atoms with Crippen molar-refractivity contribution in [1.82, 2.24) is 10.1 Å². The summed E-state index contributed by atoms with van der Waals surface area (Å²) < 4.78 is 27.1. The summed E-state index contributed by atoms with van der Waals surface area (Å²) in [5.74, 6) is -3.58. The standard InChI is InChI=1S/C31H37FN2O5/c1-7-9-10-11-12-18-15-22(32)20-13-19-14-21-26(34(5)8-2)28-24(17(4)33-39-28)29(36)31(21,38-6)30(37)25(19)27(35)23(20)16(18)3/h11-12,15,19,21,25-26H,7-10,13-14H2,1-6H3. The number of unbranched alkanes of at least 4 members (excludes halogenated alkanes) is 2. The average molecular weight is 537 g/mol. The number of Topliss-reactive ketones (excluding diaryl/α,β-unsaturated/α-hetero) is 3. The molecule has 0 saturated heterocycles. The molecule has 1 aromatic carbocycles. The zero-order chi connectivity index (χ0) is 28.2. The van der Waals surface area contributed by atoms with E-state index >= 15 is 4.39 Å². The normalized spacial score (nSPS) is 28.1. The van der Waals surface area contributed by atoms with E-state index in [1.54, 1.807) is 6.92 Å². The lowest BCUT2D eigenvalue weighted by Crippen LogP contribution is -2.67. The number of carbonyl (C=O) groups is 3. The maximum absolute atomic E-state index is 15.5. The summed E-state index contributed by atoms with van der Waals surface area (Å²) in [6.45, 7) is 8.19. The minimum atomic E-state index is -1.84. The Labute approximate surface area is 228 Å². The van der Waals surface area contributed by atoms with Crippen LogP contribution in [0.4, 0.5) is 4.39 Å². The Morgan fingerprint density at radius 3 is 2.64 bits per heavy atom. The molecule has 1 fully saturated rings. The molecule has 5 unspecified atom stereocenters. The lowest BCUT2D eigenvalue weighted by atomic mass is 9.53. The Kier molecular flexibility index (Phi) is 7.22. The molecule has 0 radical (unpaired) electrons. The molecule has 0 bridgehead atoms. The molecule has 39 heavy (non-hydrogen) atoms. The van der Waals surface area contributed by atoms with E-state index < -0.39 is 52.6 Å². The van der Waals surface area contributed by atoms with Gasteiger partial charge in [-0.15, -0.1) is 0 Å². The fourth-order valence-electron chi connectivity index (χ4n) is 7.18. The number of benzene rings is 1. The molecule has 2 aromatic rings. The number of methoxy groups -OCH3 is 1. The first-order chi connectivity index (χ1) is 18.6. The molecule has 1 aromatic heterocycles. The van der Waals surface area contributed by atoms with Gasteiger partial charge in [-0.05, 0) is 75.4 Å². The Hall–Kier alpha value is -2.97. The highest BCUT2D eigenvalue weighted by Gasteiger charge is 2.68. The van der Waals surface area contributed by atoms with Crippen LogP contribution >= 0.6 is 0 Å². The van der Waals surface area contributed by atoms with Gasteiger partial charge >= 0.3 is 0 Å². The van der Waals surface area contributed by atoms with E-state index in [0.29, 0.717) is 41.1 Å². The second kappa shape index (κ2) is 10.2. The molecule has 5 rings (SSSR count). The Morgan fingerprint density at radius 1 is 1.23 bits per heavy atom. The number of ether oxygens (including phenoxy) is 1. The van der Waals surface area contributed by atoms with Gasteiger partial charge in [0.05, 0.1) is 23.2 Å². The fourth-order valence-corrected chi connectivity index (χ4v) is 7.18. The number of carbonyl (C=O) groups excluding carboxylic acids is 3. The number of hydrogen-bond acceptors (Lipinski definition) is 7. The highest BCUT2D eigenvalue weighted by Crippen LogP contribution is 2.56. The second-order valence-electron chi connectivity index (χ2n) is 11.3. The van der Waals surface area contributed by atoms with Crippen LogP contribution in [0.5, 0.6) is 0 Å². The van der Waals surface area contributed by atoms with Gasteiger partial charge in [-0.2, -0.15) is 0 Å². The number of hydrogen-bond donors (Lipinski definition) is 0. The summed E-state index contributed by atoms with van der Waals surface area (Å²) >= 11 is 0. The lowest BCUT2D eigenvalue weighted by Gasteiger charge is -2.53. The van der Waals surface area contributed by atoms with Gasteiger partial charge in [0.25, 0.3) is 0 Å². The summed E-state index contributed by atoms with van der Waals surface area (Å²) in [5.41, 5.74) is 0.760. The minimum absolute atomic E-state index is 0.249. The molecule has 5 atom stereocenters. The van der Waals surface area contributed by atoms with Crippen molar-refractivity contribution < 1.29 is 28.0 Å². The third-order valence-corrected chi connectivity index (χ3v) is 9.29. The van der Waals surface area contributed by atoms with Crippen LogP contribution in [-0.2, 0) is 16.0 Å². The SMILES string of the molecule is CCCCC=Cc1cc(F)c2c(c1C)C(=O)C1C(=O)C3(OC)C(=O)c4c(C)noc4C(N(C)CC)C3CC1C2. The van der Waals surface area contributed by atoms with Crippen molar-refractivity contribution in [3.63, 3.8) is 0 Å². The van der Waals surface area contributed by atoms with Gasteiger partial charge in [-0.1, -0.05) is 44.0 Å². The van der Waals surface area contributed by atoms with Crippen LogP contribution < -0.4 is 0 Å². The molecule has 1 heterocycles. The van der Waals surface area contributed by atoms with Gasteiger partial charge in [0.2, 0.25) is 5.78 Å². The summed E-state index contributed by atoms with van der Waals surface area (Å²) in [4.78, 5) is 44.7. The number of aryl methyl sites for hydroxylation is 1. The number of nitrogens with zero attached hydrogens (tertiary/aromatic N) is 2. The Balaban J connectivity index is 1.63. The molecule has 0 amide bonds. The molecule has 1 saturated carbocycles. The zero-order valence-electron chi connectivity index (χ0n) is 23.6. The van der Waals surface area contributed by atoms with Crippen LogP contribution in [0.1, 0.15) is 94.4 Å². The molecule has 208 valence electrons. The van der Waals surface area contributed by atoms with Gasteiger partial charge in [0.15, 0.2) is 22.9 Å². The van der Waals surface area contributed by atoms with E-state index in [0.717, 1.165) is 19.3 Å². The Bertz CT molecular complexity index is 1380. The molecule has 8 heteroatoms. The topological polar surface area (TPSA) is 89.7 Å². The van der Waals surface area contributed by atoms with Crippen molar-refractivity contribution in [2.45, 2.75) is 71.4 Å². The maximum atomic E-state index is 15.5. The highest BCUT2D eigenvalue weighted by atomic mass is 19.1. The predicted molar refractivity (Wildman–Crippen MR) is 144 cm³/mol. The highest BCUT2D eigenvalue weighted by molar-refractivity contribution is 6.26. The second-order valence-corrected chi connectivity index (χ2v) is 11.3. The molecule has 0 aliphatic heterocycles. The summed E-state index contributed by atoms with van der Waals surface area (Å²) in [6, 6.07) is 1.04. The van der Waals surface area contributed by atoms with Gasteiger partial charge in [-0.3, -0.25) is 19.3 Å². The monoisotopic (exact) mass is 536 g/mol. The minimum Gasteiger partial charge on any atom is -0.362 e. The number of rotatable bonds is 7. The number of halogens is 1. The first-order valence-electron chi connectivity index (χ1n) is 14.0. The third-order valence-electron chi connectivity index (χ3n) is 9.29. The molecule has 3 aliphatic carbocycles. The van der Waals surface area contributed by atoms with Gasteiger partial charge in [-0.25, -0.2) is 4.39 Å². The largest absolute Gasteiger partial charge is 0.362 e. The van der Waals surface area contributed by atoms with E-state index in [1.807, 2.05) is 37.9 Å². The first kappa shape index (κ1) is 27.6. The molecule has 3 aliphatic rings.